The van der Waals surface area contributed by atoms with Gasteiger partial charge in [-0.1, -0.05) is 6.92 Å². The quantitative estimate of drug-likeness (QED) is 0.673. The van der Waals surface area contributed by atoms with Crippen LogP contribution in [0.3, 0.4) is 0 Å². The van der Waals surface area contributed by atoms with Gasteiger partial charge in [-0.25, -0.2) is 0 Å². The van der Waals surface area contributed by atoms with Crippen molar-refractivity contribution in [2.24, 2.45) is 35.0 Å². The first-order valence-corrected chi connectivity index (χ1v) is 8.64. The largest absolute Gasteiger partial charge is 0.300 e. The highest BCUT2D eigenvalue weighted by atomic mass is 16.1. The number of ketones is 2. The molecule has 0 amide bonds. The zero-order valence-corrected chi connectivity index (χ0v) is 12.6. The molecule has 0 aromatic heterocycles. The summed E-state index contributed by atoms with van der Waals surface area (Å²) in [5, 5.41) is 0. The molecule has 0 heterocycles. The van der Waals surface area contributed by atoms with E-state index in [0.717, 1.165) is 56.3 Å². The van der Waals surface area contributed by atoms with E-state index in [1.165, 1.54) is 19.3 Å². The SMILES string of the molecule is C[C@]12CC[C@H]3[C@@H](CC[C@@H]4CC(=O)CC[C@@H]43)[C@@H]1CCC2=O. The number of carbonyl (C=O) groups is 2. The van der Waals surface area contributed by atoms with Crippen LogP contribution in [0.2, 0.25) is 0 Å². The first-order valence-electron chi connectivity index (χ1n) is 8.64. The molecule has 0 radical (unpaired) electrons. The molecule has 2 heteroatoms. The van der Waals surface area contributed by atoms with Crippen molar-refractivity contribution in [3.8, 4) is 0 Å². The summed E-state index contributed by atoms with van der Waals surface area (Å²) in [5.41, 5.74) is 0.0124. The van der Waals surface area contributed by atoms with Crippen LogP contribution in [0.25, 0.3) is 0 Å². The maximum Gasteiger partial charge on any atom is 0.139 e. The van der Waals surface area contributed by atoms with Gasteiger partial charge in [0.1, 0.15) is 11.6 Å². The molecule has 0 bridgehead atoms. The fraction of sp³-hybridized carbons (Fsp3) is 0.889. The highest BCUT2D eigenvalue weighted by molar-refractivity contribution is 5.87. The normalized spacial score (nSPS) is 51.4. The van der Waals surface area contributed by atoms with Crippen LogP contribution in [0.5, 0.6) is 0 Å². The number of Topliss-reactive ketones (excluding diaryl/α,β-unsaturated/α-hetero) is 2. The summed E-state index contributed by atoms with van der Waals surface area (Å²) in [4.78, 5) is 24.0. The van der Waals surface area contributed by atoms with Crippen molar-refractivity contribution < 1.29 is 9.59 Å². The molecule has 20 heavy (non-hydrogen) atoms. The predicted octanol–water partition coefficient (Wildman–Crippen LogP) is 3.78. The van der Waals surface area contributed by atoms with Crippen LogP contribution < -0.4 is 0 Å². The van der Waals surface area contributed by atoms with Crippen molar-refractivity contribution in [2.75, 3.05) is 0 Å². The molecular formula is C18H26O2. The second-order valence-electron chi connectivity index (χ2n) is 8.13. The second kappa shape index (κ2) is 4.42. The third kappa shape index (κ3) is 1.69. The van der Waals surface area contributed by atoms with Crippen LogP contribution in [-0.4, -0.2) is 11.6 Å². The third-order valence-corrected chi connectivity index (χ3v) is 7.47. The van der Waals surface area contributed by atoms with Crippen molar-refractivity contribution >= 4 is 11.6 Å². The van der Waals surface area contributed by atoms with Crippen LogP contribution in [0.4, 0.5) is 0 Å². The van der Waals surface area contributed by atoms with Gasteiger partial charge in [0.25, 0.3) is 0 Å². The Labute approximate surface area is 121 Å². The lowest BCUT2D eigenvalue weighted by molar-refractivity contribution is -0.134. The van der Waals surface area contributed by atoms with Gasteiger partial charge >= 0.3 is 0 Å². The predicted molar refractivity (Wildman–Crippen MR) is 77.1 cm³/mol. The number of fused-ring (bicyclic) bond motifs is 5. The Hall–Kier alpha value is -0.660. The van der Waals surface area contributed by atoms with Crippen LogP contribution in [0.15, 0.2) is 0 Å². The van der Waals surface area contributed by atoms with Crippen LogP contribution in [-0.2, 0) is 9.59 Å². The molecule has 0 aromatic carbocycles. The van der Waals surface area contributed by atoms with E-state index in [1.807, 2.05) is 0 Å². The monoisotopic (exact) mass is 274 g/mol. The fourth-order valence-corrected chi connectivity index (χ4v) is 6.43. The molecule has 4 aliphatic rings. The molecule has 110 valence electrons. The molecule has 4 saturated carbocycles. The van der Waals surface area contributed by atoms with Gasteiger partial charge in [-0.15, -0.1) is 0 Å². The molecule has 4 rings (SSSR count). The Morgan fingerprint density at radius 3 is 2.60 bits per heavy atom. The van der Waals surface area contributed by atoms with Crippen molar-refractivity contribution in [1.82, 2.24) is 0 Å². The van der Waals surface area contributed by atoms with Gasteiger partial charge in [0.15, 0.2) is 0 Å². The summed E-state index contributed by atoms with van der Waals surface area (Å²) in [6.07, 6.45) is 9.70. The molecule has 0 aromatic rings. The smallest absolute Gasteiger partial charge is 0.139 e. The lowest BCUT2D eigenvalue weighted by Crippen LogP contribution is -2.48. The Kier molecular flexibility index (Phi) is 2.88. The van der Waals surface area contributed by atoms with E-state index in [1.54, 1.807) is 0 Å². The summed E-state index contributed by atoms with van der Waals surface area (Å²) in [6.45, 7) is 2.25. The minimum Gasteiger partial charge on any atom is -0.300 e. The standard InChI is InChI=1S/C18H26O2/c1-18-9-8-14-13-5-3-12(19)10-11(13)2-4-15(14)16(18)6-7-17(18)20/h11,13-16H,2-10H2,1H3/t11-,13+,14-,15-,16+,18+/m1/s1. The summed E-state index contributed by atoms with van der Waals surface area (Å²) < 4.78 is 0. The molecule has 0 unspecified atom stereocenters. The van der Waals surface area contributed by atoms with Crippen LogP contribution >= 0.6 is 0 Å². The zero-order chi connectivity index (χ0) is 13.9. The zero-order valence-electron chi connectivity index (χ0n) is 12.6. The van der Waals surface area contributed by atoms with Crippen molar-refractivity contribution in [3.63, 3.8) is 0 Å². The molecule has 2 nitrogen and oxygen atoms in total. The van der Waals surface area contributed by atoms with E-state index in [9.17, 15) is 9.59 Å². The fourth-order valence-electron chi connectivity index (χ4n) is 6.43. The number of carbonyl (C=O) groups excluding carboxylic acids is 2. The molecule has 4 fully saturated rings. The minimum absolute atomic E-state index is 0.0124. The lowest BCUT2D eigenvalue weighted by atomic mass is 9.50. The summed E-state index contributed by atoms with van der Waals surface area (Å²) >= 11 is 0. The molecule has 6 atom stereocenters. The van der Waals surface area contributed by atoms with Gasteiger partial charge in [-0.3, -0.25) is 9.59 Å². The van der Waals surface area contributed by atoms with Gasteiger partial charge in [-0.05, 0) is 68.1 Å². The van der Waals surface area contributed by atoms with Crippen LogP contribution in [0.1, 0.15) is 64.7 Å². The highest BCUT2D eigenvalue weighted by Crippen LogP contribution is 2.61. The van der Waals surface area contributed by atoms with E-state index < -0.39 is 0 Å². The van der Waals surface area contributed by atoms with Crippen molar-refractivity contribution in [2.45, 2.75) is 64.7 Å². The number of hydrogen-bond donors (Lipinski definition) is 0. The van der Waals surface area contributed by atoms with E-state index in [2.05, 4.69) is 6.92 Å². The number of rotatable bonds is 0. The Morgan fingerprint density at radius 1 is 0.900 bits per heavy atom. The first kappa shape index (κ1) is 13.0. The third-order valence-electron chi connectivity index (χ3n) is 7.47. The Balaban J connectivity index is 1.59. The molecule has 0 aliphatic heterocycles. The topological polar surface area (TPSA) is 34.1 Å². The summed E-state index contributed by atoms with van der Waals surface area (Å²) in [6, 6.07) is 0. The molecule has 4 aliphatic carbocycles. The molecule has 0 N–H and O–H groups in total. The average molecular weight is 274 g/mol. The van der Waals surface area contributed by atoms with Gasteiger partial charge in [0.05, 0.1) is 0 Å². The Morgan fingerprint density at radius 2 is 1.75 bits per heavy atom. The molecular weight excluding hydrogens is 248 g/mol. The summed E-state index contributed by atoms with van der Waals surface area (Å²) in [5.74, 6) is 4.79. The molecule has 0 spiro atoms. The van der Waals surface area contributed by atoms with Crippen molar-refractivity contribution in [3.05, 3.63) is 0 Å². The second-order valence-corrected chi connectivity index (χ2v) is 8.13. The summed E-state index contributed by atoms with van der Waals surface area (Å²) in [7, 11) is 0. The van der Waals surface area contributed by atoms with Gasteiger partial charge in [0, 0.05) is 24.7 Å². The first-order chi connectivity index (χ1) is 9.59. The highest BCUT2D eigenvalue weighted by Gasteiger charge is 2.56. The van der Waals surface area contributed by atoms with E-state index in [0.29, 0.717) is 23.4 Å². The Bertz CT molecular complexity index is 454. The minimum atomic E-state index is 0.0124. The maximum atomic E-state index is 12.3. The van der Waals surface area contributed by atoms with E-state index in [-0.39, 0.29) is 5.41 Å². The van der Waals surface area contributed by atoms with E-state index in [4.69, 9.17) is 0 Å². The maximum absolute atomic E-state index is 12.3. The molecule has 0 saturated heterocycles. The van der Waals surface area contributed by atoms with Gasteiger partial charge in [-0.2, -0.15) is 0 Å². The van der Waals surface area contributed by atoms with Gasteiger partial charge in [0.2, 0.25) is 0 Å². The van der Waals surface area contributed by atoms with Crippen molar-refractivity contribution in [1.29, 1.82) is 0 Å². The van der Waals surface area contributed by atoms with Crippen LogP contribution in [0, 0.1) is 35.0 Å². The average Bonchev–Trinajstić information content (AvgIpc) is 2.74. The lowest BCUT2D eigenvalue weighted by Gasteiger charge is -2.53. The van der Waals surface area contributed by atoms with Gasteiger partial charge < -0.3 is 0 Å². The van der Waals surface area contributed by atoms with E-state index >= 15 is 0 Å². The number of hydrogen-bond acceptors (Lipinski definition) is 2.